The molecule has 1 spiro atoms. The highest BCUT2D eigenvalue weighted by molar-refractivity contribution is 5.98. The smallest absolute Gasteiger partial charge is 0.352 e. The van der Waals surface area contributed by atoms with E-state index in [1.54, 1.807) is 0 Å². The second-order valence-electron chi connectivity index (χ2n) is 3.43. The van der Waals surface area contributed by atoms with Crippen molar-refractivity contribution in [1.82, 2.24) is 5.32 Å². The van der Waals surface area contributed by atoms with E-state index in [1.165, 1.54) is 0 Å². The van der Waals surface area contributed by atoms with Gasteiger partial charge in [0.15, 0.2) is 0 Å². The normalized spacial score (nSPS) is 23.3. The van der Waals surface area contributed by atoms with Crippen LogP contribution >= 0.6 is 0 Å². The Morgan fingerprint density at radius 2 is 1.82 bits per heavy atom. The first-order valence-corrected chi connectivity index (χ1v) is 4.59. The van der Waals surface area contributed by atoms with Crippen LogP contribution in [-0.2, 0) is 29.1 Å². The summed E-state index contributed by atoms with van der Waals surface area (Å²) in [6.07, 6.45) is -0.309. The Kier molecular flexibility index (Phi) is 2.98. The highest BCUT2D eigenvalue weighted by Crippen LogP contribution is 2.30. The van der Waals surface area contributed by atoms with E-state index in [0.29, 0.717) is 0 Å². The Labute approximate surface area is 94.4 Å². The SMILES string of the molecule is O=C(O)C1=C(C(=O)O)NCC2(C1)OOCOO2. The first kappa shape index (κ1) is 11.8. The van der Waals surface area contributed by atoms with Crippen LogP contribution in [0.4, 0.5) is 0 Å². The number of hydrogen-bond donors (Lipinski definition) is 3. The topological polar surface area (TPSA) is 124 Å². The highest BCUT2D eigenvalue weighted by Gasteiger charge is 2.45. The molecule has 9 heteroatoms. The molecule has 0 radical (unpaired) electrons. The molecule has 0 aliphatic carbocycles. The molecule has 0 aromatic rings. The van der Waals surface area contributed by atoms with Crippen LogP contribution in [-0.4, -0.2) is 41.3 Å². The van der Waals surface area contributed by atoms with Crippen molar-refractivity contribution in [2.24, 2.45) is 0 Å². The number of hydrogen-bond acceptors (Lipinski definition) is 7. The molecule has 0 atom stereocenters. The van der Waals surface area contributed by atoms with Crippen molar-refractivity contribution in [2.75, 3.05) is 13.3 Å². The zero-order chi connectivity index (χ0) is 12.5. The molecule has 0 saturated carbocycles. The van der Waals surface area contributed by atoms with Crippen molar-refractivity contribution in [3.8, 4) is 0 Å². The molecule has 2 aliphatic heterocycles. The molecular formula is C8H9NO8. The van der Waals surface area contributed by atoms with Gasteiger partial charge in [-0.1, -0.05) is 0 Å². The maximum absolute atomic E-state index is 10.9. The van der Waals surface area contributed by atoms with Gasteiger partial charge in [-0.2, -0.15) is 9.78 Å². The maximum Gasteiger partial charge on any atom is 0.352 e. The van der Waals surface area contributed by atoms with E-state index in [9.17, 15) is 9.59 Å². The monoisotopic (exact) mass is 247 g/mol. The first-order valence-electron chi connectivity index (χ1n) is 4.59. The van der Waals surface area contributed by atoms with Crippen LogP contribution in [0.2, 0.25) is 0 Å². The fourth-order valence-corrected chi connectivity index (χ4v) is 1.55. The lowest BCUT2D eigenvalue weighted by Gasteiger charge is -2.36. The molecule has 0 aromatic carbocycles. The van der Waals surface area contributed by atoms with Gasteiger partial charge in [0.1, 0.15) is 5.70 Å². The molecule has 3 N–H and O–H groups in total. The van der Waals surface area contributed by atoms with E-state index in [2.05, 4.69) is 15.1 Å². The summed E-state index contributed by atoms with van der Waals surface area (Å²) < 4.78 is 0. The lowest BCUT2D eigenvalue weighted by atomic mass is 9.99. The van der Waals surface area contributed by atoms with Crippen LogP contribution in [0.1, 0.15) is 6.42 Å². The fourth-order valence-electron chi connectivity index (χ4n) is 1.55. The molecule has 9 nitrogen and oxygen atoms in total. The number of carboxylic acid groups (broad SMARTS) is 2. The van der Waals surface area contributed by atoms with Gasteiger partial charge >= 0.3 is 11.9 Å². The minimum Gasteiger partial charge on any atom is -0.478 e. The molecule has 2 rings (SSSR count). The number of carbonyl (C=O) groups is 2. The van der Waals surface area contributed by atoms with Gasteiger partial charge in [0.05, 0.1) is 12.1 Å². The molecule has 2 heterocycles. The minimum atomic E-state index is -1.48. The maximum atomic E-state index is 10.9. The summed E-state index contributed by atoms with van der Waals surface area (Å²) in [4.78, 5) is 40.5. The summed E-state index contributed by atoms with van der Waals surface area (Å²) in [5, 5.41) is 20.1. The van der Waals surface area contributed by atoms with Crippen LogP contribution in [0, 0.1) is 0 Å². The number of carboxylic acids is 2. The molecule has 17 heavy (non-hydrogen) atoms. The van der Waals surface area contributed by atoms with E-state index in [1.807, 2.05) is 0 Å². The van der Waals surface area contributed by atoms with Crippen LogP contribution in [0.5, 0.6) is 0 Å². The van der Waals surface area contributed by atoms with Gasteiger partial charge in [0.25, 0.3) is 5.79 Å². The Hall–Kier alpha value is -1.68. The van der Waals surface area contributed by atoms with E-state index < -0.39 is 23.4 Å². The predicted molar refractivity (Wildman–Crippen MR) is 46.9 cm³/mol. The van der Waals surface area contributed by atoms with Crippen molar-refractivity contribution < 1.29 is 39.4 Å². The molecule has 0 unspecified atom stereocenters. The fraction of sp³-hybridized carbons (Fsp3) is 0.500. The summed E-state index contributed by atoms with van der Waals surface area (Å²) in [5.41, 5.74) is -0.779. The van der Waals surface area contributed by atoms with E-state index in [-0.39, 0.29) is 25.3 Å². The molecule has 2 aliphatic rings. The van der Waals surface area contributed by atoms with Crippen molar-refractivity contribution in [3.05, 3.63) is 11.3 Å². The summed E-state index contributed by atoms with van der Waals surface area (Å²) >= 11 is 0. The molecule has 0 aromatic heterocycles. The van der Waals surface area contributed by atoms with Crippen molar-refractivity contribution in [3.63, 3.8) is 0 Å². The average molecular weight is 247 g/mol. The Bertz CT molecular complexity index is 383. The van der Waals surface area contributed by atoms with Gasteiger partial charge < -0.3 is 15.5 Å². The molecule has 1 saturated heterocycles. The summed E-state index contributed by atoms with van der Waals surface area (Å²) in [7, 11) is 0. The van der Waals surface area contributed by atoms with Crippen LogP contribution in [0.15, 0.2) is 11.3 Å². The van der Waals surface area contributed by atoms with Crippen LogP contribution in [0.25, 0.3) is 0 Å². The zero-order valence-corrected chi connectivity index (χ0v) is 8.47. The van der Waals surface area contributed by atoms with Crippen LogP contribution < -0.4 is 5.32 Å². The number of nitrogens with one attached hydrogen (secondary N) is 1. The van der Waals surface area contributed by atoms with E-state index >= 15 is 0 Å². The van der Waals surface area contributed by atoms with Crippen molar-refractivity contribution in [2.45, 2.75) is 12.2 Å². The summed E-state index contributed by atoms with van der Waals surface area (Å²) in [6, 6.07) is 0. The van der Waals surface area contributed by atoms with E-state index in [4.69, 9.17) is 20.0 Å². The van der Waals surface area contributed by atoms with E-state index in [0.717, 1.165) is 0 Å². The van der Waals surface area contributed by atoms with Gasteiger partial charge in [0.2, 0.25) is 6.79 Å². The zero-order valence-electron chi connectivity index (χ0n) is 8.47. The lowest BCUT2D eigenvalue weighted by molar-refractivity contribution is -0.596. The van der Waals surface area contributed by atoms with Crippen molar-refractivity contribution >= 4 is 11.9 Å². The van der Waals surface area contributed by atoms with Gasteiger partial charge in [-0.15, -0.1) is 0 Å². The van der Waals surface area contributed by atoms with Gasteiger partial charge in [0, 0.05) is 6.42 Å². The summed E-state index contributed by atoms with van der Waals surface area (Å²) in [6.45, 7) is -0.356. The lowest BCUT2D eigenvalue weighted by Crippen LogP contribution is -2.53. The number of aliphatic carboxylic acids is 2. The molecule has 1 fully saturated rings. The quantitative estimate of drug-likeness (QED) is 0.525. The average Bonchev–Trinajstić information content (AvgIpc) is 2.29. The van der Waals surface area contributed by atoms with Gasteiger partial charge in [-0.3, -0.25) is 0 Å². The molecule has 0 bridgehead atoms. The minimum absolute atomic E-state index is 0.106. The third kappa shape index (κ3) is 2.22. The standard InChI is InChI=1S/C8H9NO8/c10-6(11)4-1-8(16-14-3-15-17-8)2-9-5(4)7(12)13/h9H,1-3H2,(H,10,11)(H,12,13). The second-order valence-corrected chi connectivity index (χ2v) is 3.43. The third-order valence-corrected chi connectivity index (χ3v) is 2.27. The van der Waals surface area contributed by atoms with Gasteiger partial charge in [-0.25, -0.2) is 19.4 Å². The van der Waals surface area contributed by atoms with Crippen LogP contribution in [0.3, 0.4) is 0 Å². The molecular weight excluding hydrogens is 238 g/mol. The van der Waals surface area contributed by atoms with Gasteiger partial charge in [-0.05, 0) is 0 Å². The Morgan fingerprint density at radius 1 is 1.18 bits per heavy atom. The predicted octanol–water partition coefficient (Wildman–Crippen LogP) is -1.03. The third-order valence-electron chi connectivity index (χ3n) is 2.27. The molecule has 94 valence electrons. The Morgan fingerprint density at radius 3 is 2.35 bits per heavy atom. The number of rotatable bonds is 2. The summed E-state index contributed by atoms with van der Waals surface area (Å²) in [5.74, 6) is -4.23. The Balaban J connectivity index is 2.27. The first-order chi connectivity index (χ1) is 8.04. The van der Waals surface area contributed by atoms with Crippen molar-refractivity contribution in [1.29, 1.82) is 0 Å². The molecule has 0 amide bonds. The second kappa shape index (κ2) is 4.30. The largest absolute Gasteiger partial charge is 0.478 e. The highest BCUT2D eigenvalue weighted by atomic mass is 17.4.